The molecule has 7 nitrogen and oxygen atoms in total. The molecule has 0 aromatic carbocycles. The number of aromatic nitrogens is 1. The Balaban J connectivity index is 2.58. The lowest BCUT2D eigenvalue weighted by atomic mass is 10.1. The van der Waals surface area contributed by atoms with Crippen LogP contribution in [0.5, 0.6) is 0 Å². The second-order valence-electron chi connectivity index (χ2n) is 4.34. The Morgan fingerprint density at radius 3 is 2.75 bits per heavy atom. The Kier molecular flexibility index (Phi) is 6.28. The number of hydrogen-bond donors (Lipinski definition) is 1. The Morgan fingerprint density at radius 1 is 1.35 bits per heavy atom. The van der Waals surface area contributed by atoms with Crippen LogP contribution >= 0.6 is 0 Å². The first-order chi connectivity index (χ1) is 9.56. The van der Waals surface area contributed by atoms with Gasteiger partial charge < -0.3 is 0 Å². The molecule has 0 aliphatic heterocycles. The summed E-state index contributed by atoms with van der Waals surface area (Å²) in [5.74, 6) is -1.18. The summed E-state index contributed by atoms with van der Waals surface area (Å²) in [7, 11) is 0. The van der Waals surface area contributed by atoms with E-state index < -0.39 is 22.4 Å². The van der Waals surface area contributed by atoms with Crippen LogP contribution in [0.3, 0.4) is 0 Å². The quantitative estimate of drug-likeness (QED) is 0.468. The number of nitro groups is 1. The summed E-state index contributed by atoms with van der Waals surface area (Å²) < 4.78 is 0. The SMILES string of the molecule is CCCCCCC(=O)NC(=O)c1ccncc1[N+](=O)[O-]. The van der Waals surface area contributed by atoms with E-state index in [2.05, 4.69) is 17.2 Å². The molecule has 20 heavy (non-hydrogen) atoms. The largest absolute Gasteiger partial charge is 0.300 e. The van der Waals surface area contributed by atoms with Crippen molar-refractivity contribution in [2.45, 2.75) is 39.0 Å². The molecule has 2 amide bonds. The highest BCUT2D eigenvalue weighted by molar-refractivity contribution is 6.06. The summed E-state index contributed by atoms with van der Waals surface area (Å²) in [6.45, 7) is 2.06. The van der Waals surface area contributed by atoms with Gasteiger partial charge in [-0.2, -0.15) is 0 Å². The van der Waals surface area contributed by atoms with E-state index in [9.17, 15) is 19.7 Å². The summed E-state index contributed by atoms with van der Waals surface area (Å²) in [4.78, 5) is 37.0. The van der Waals surface area contributed by atoms with Gasteiger partial charge in [-0.15, -0.1) is 0 Å². The van der Waals surface area contributed by atoms with Gasteiger partial charge in [0.1, 0.15) is 11.8 Å². The molecule has 0 saturated heterocycles. The average molecular weight is 279 g/mol. The minimum Gasteiger partial charge on any atom is -0.292 e. The predicted octanol–water partition coefficient (Wildman–Crippen LogP) is 2.22. The third-order valence-corrected chi connectivity index (χ3v) is 2.75. The standard InChI is InChI=1S/C13H17N3O4/c1-2-3-4-5-6-12(17)15-13(18)10-7-8-14-9-11(10)16(19)20/h7-9H,2-6H2,1H3,(H,15,17,18). The third-order valence-electron chi connectivity index (χ3n) is 2.75. The average Bonchev–Trinajstić information content (AvgIpc) is 2.43. The molecule has 1 aromatic rings. The number of rotatable bonds is 7. The lowest BCUT2D eigenvalue weighted by Gasteiger charge is -2.04. The van der Waals surface area contributed by atoms with E-state index in [0.717, 1.165) is 25.5 Å². The van der Waals surface area contributed by atoms with E-state index in [1.807, 2.05) is 0 Å². The molecule has 0 spiro atoms. The molecule has 0 atom stereocenters. The smallest absolute Gasteiger partial charge is 0.292 e. The van der Waals surface area contributed by atoms with Gasteiger partial charge in [-0.1, -0.05) is 26.2 Å². The minimum absolute atomic E-state index is 0.160. The lowest BCUT2D eigenvalue weighted by Crippen LogP contribution is -2.30. The van der Waals surface area contributed by atoms with Crippen molar-refractivity contribution in [2.75, 3.05) is 0 Å². The zero-order valence-electron chi connectivity index (χ0n) is 11.3. The van der Waals surface area contributed by atoms with Crippen LogP contribution in [0.2, 0.25) is 0 Å². The van der Waals surface area contributed by atoms with Gasteiger partial charge in [0.05, 0.1) is 4.92 Å². The van der Waals surface area contributed by atoms with Gasteiger partial charge in [-0.05, 0) is 12.5 Å². The van der Waals surface area contributed by atoms with Crippen molar-refractivity contribution in [2.24, 2.45) is 0 Å². The number of unbranched alkanes of at least 4 members (excludes halogenated alkanes) is 3. The van der Waals surface area contributed by atoms with Crippen molar-refractivity contribution >= 4 is 17.5 Å². The number of carbonyl (C=O) groups excluding carboxylic acids is 2. The predicted molar refractivity (Wildman–Crippen MR) is 72.1 cm³/mol. The first kappa shape index (κ1) is 15.7. The number of pyridine rings is 1. The maximum absolute atomic E-state index is 11.8. The van der Waals surface area contributed by atoms with E-state index >= 15 is 0 Å². The molecular formula is C13H17N3O4. The van der Waals surface area contributed by atoms with Gasteiger partial charge in [-0.3, -0.25) is 30.0 Å². The number of nitrogens with one attached hydrogen (secondary N) is 1. The van der Waals surface area contributed by atoms with Crippen LogP contribution in [0, 0.1) is 10.1 Å². The molecule has 7 heteroatoms. The van der Waals surface area contributed by atoms with Gasteiger partial charge in [0.25, 0.3) is 11.6 Å². The Hall–Kier alpha value is -2.31. The van der Waals surface area contributed by atoms with E-state index in [1.54, 1.807) is 0 Å². The highest BCUT2D eigenvalue weighted by Crippen LogP contribution is 2.15. The van der Waals surface area contributed by atoms with Crippen LogP contribution in [0.15, 0.2) is 18.5 Å². The molecule has 0 aliphatic rings. The molecule has 0 saturated carbocycles. The summed E-state index contributed by atoms with van der Waals surface area (Å²) in [6.07, 6.45) is 6.22. The molecule has 1 N–H and O–H groups in total. The molecule has 0 unspecified atom stereocenters. The molecule has 1 rings (SSSR count). The van der Waals surface area contributed by atoms with Crippen molar-refractivity contribution in [1.82, 2.24) is 10.3 Å². The number of amides is 2. The van der Waals surface area contributed by atoms with Crippen LogP contribution < -0.4 is 5.32 Å². The highest BCUT2D eigenvalue weighted by atomic mass is 16.6. The van der Waals surface area contributed by atoms with Crippen molar-refractivity contribution < 1.29 is 14.5 Å². The van der Waals surface area contributed by atoms with Gasteiger partial charge in [0.15, 0.2) is 0 Å². The van der Waals surface area contributed by atoms with Crippen molar-refractivity contribution in [3.63, 3.8) is 0 Å². The Labute approximate surface area is 116 Å². The van der Waals surface area contributed by atoms with Gasteiger partial charge in [-0.25, -0.2) is 0 Å². The maximum atomic E-state index is 11.8. The van der Waals surface area contributed by atoms with E-state index in [0.29, 0.717) is 6.42 Å². The molecule has 0 fully saturated rings. The monoisotopic (exact) mass is 279 g/mol. The van der Waals surface area contributed by atoms with Gasteiger partial charge >= 0.3 is 0 Å². The molecule has 1 aromatic heterocycles. The minimum atomic E-state index is -0.764. The fourth-order valence-corrected chi connectivity index (χ4v) is 1.69. The van der Waals surface area contributed by atoms with E-state index in [4.69, 9.17) is 0 Å². The van der Waals surface area contributed by atoms with E-state index in [1.165, 1.54) is 12.3 Å². The fraction of sp³-hybridized carbons (Fsp3) is 0.462. The van der Waals surface area contributed by atoms with Crippen molar-refractivity contribution in [3.05, 3.63) is 34.1 Å². The lowest BCUT2D eigenvalue weighted by molar-refractivity contribution is -0.385. The summed E-state index contributed by atoms with van der Waals surface area (Å²) in [6, 6.07) is 1.22. The Morgan fingerprint density at radius 2 is 2.10 bits per heavy atom. The Bertz CT molecular complexity index is 502. The number of carbonyl (C=O) groups is 2. The molecule has 108 valence electrons. The molecule has 0 aliphatic carbocycles. The van der Waals surface area contributed by atoms with Crippen molar-refractivity contribution in [3.8, 4) is 0 Å². The van der Waals surface area contributed by atoms with Gasteiger partial charge in [0.2, 0.25) is 5.91 Å². The van der Waals surface area contributed by atoms with Crippen LogP contribution in [-0.4, -0.2) is 21.7 Å². The van der Waals surface area contributed by atoms with Gasteiger partial charge in [0, 0.05) is 12.6 Å². The topological polar surface area (TPSA) is 102 Å². The number of hydrogen-bond acceptors (Lipinski definition) is 5. The zero-order valence-corrected chi connectivity index (χ0v) is 11.3. The zero-order chi connectivity index (χ0) is 15.0. The summed E-state index contributed by atoms with van der Waals surface area (Å²) in [5, 5.41) is 12.9. The number of nitrogens with zero attached hydrogens (tertiary/aromatic N) is 2. The van der Waals surface area contributed by atoms with E-state index in [-0.39, 0.29) is 12.0 Å². The third kappa shape index (κ3) is 4.75. The second-order valence-corrected chi connectivity index (χ2v) is 4.34. The van der Waals surface area contributed by atoms with Crippen LogP contribution in [0.1, 0.15) is 49.4 Å². The molecule has 0 radical (unpaired) electrons. The van der Waals surface area contributed by atoms with Crippen LogP contribution in [0.4, 0.5) is 5.69 Å². The fourth-order valence-electron chi connectivity index (χ4n) is 1.69. The maximum Gasteiger partial charge on any atom is 0.300 e. The summed E-state index contributed by atoms with van der Waals surface area (Å²) in [5.41, 5.74) is -0.573. The second kappa shape index (κ2) is 7.98. The molecule has 0 bridgehead atoms. The van der Waals surface area contributed by atoms with Crippen LogP contribution in [0.25, 0.3) is 0 Å². The first-order valence-corrected chi connectivity index (χ1v) is 6.48. The molecule has 1 heterocycles. The van der Waals surface area contributed by atoms with Crippen molar-refractivity contribution in [1.29, 1.82) is 0 Å². The highest BCUT2D eigenvalue weighted by Gasteiger charge is 2.21. The molecular weight excluding hydrogens is 262 g/mol. The first-order valence-electron chi connectivity index (χ1n) is 6.48. The summed E-state index contributed by atoms with van der Waals surface area (Å²) >= 11 is 0. The van der Waals surface area contributed by atoms with Crippen LogP contribution in [-0.2, 0) is 4.79 Å². The normalized spacial score (nSPS) is 10.1. The number of imide groups is 1.